The Kier molecular flexibility index (Phi) is 10.7. The molecule has 1 aliphatic heterocycles. The van der Waals surface area contributed by atoms with Crippen LogP contribution in [0.25, 0.3) is 57.0 Å². The molecule has 2 aliphatic rings. The van der Waals surface area contributed by atoms with Gasteiger partial charge in [-0.25, -0.2) is 0 Å². The predicted molar refractivity (Wildman–Crippen MR) is 317 cm³/mol. The van der Waals surface area contributed by atoms with Crippen LogP contribution in [0, 0.1) is 0 Å². The van der Waals surface area contributed by atoms with Crippen LogP contribution in [0.15, 0.2) is 265 Å². The summed E-state index contributed by atoms with van der Waals surface area (Å²) in [5, 5.41) is 5.09. The number of rotatable bonds is 10. The van der Waals surface area contributed by atoms with E-state index in [9.17, 15) is 0 Å². The van der Waals surface area contributed by atoms with E-state index >= 15 is 0 Å². The third kappa shape index (κ3) is 7.73. The fraction of sp³-hybridized carbons (Fsp3) is 0.0448. The Morgan fingerprint density at radius 3 is 1.55 bits per heavy atom. The molecule has 2 aromatic heterocycles. The number of benzene rings is 10. The lowest BCUT2D eigenvalue weighted by Crippen LogP contribution is -2.24. The lowest BCUT2D eigenvalue weighted by molar-refractivity contribution is 0.818. The molecule has 14 rings (SSSR count). The monoisotopic (exact) mass is 989 g/mol. The van der Waals surface area contributed by atoms with Crippen LogP contribution in [-0.2, 0) is 0 Å². The third-order valence-corrected chi connectivity index (χ3v) is 18.2. The van der Waals surface area contributed by atoms with Gasteiger partial charge in [-0.1, -0.05) is 133 Å². The number of nitrogens with zero attached hydrogens (tertiary/aromatic N) is 3. The first-order valence-electron chi connectivity index (χ1n) is 24.9. The number of allylic oxidation sites excluding steroid dienone is 2. The summed E-state index contributed by atoms with van der Waals surface area (Å²) >= 11 is 5.71. The van der Waals surface area contributed by atoms with Crippen molar-refractivity contribution in [3.8, 4) is 11.1 Å². The summed E-state index contributed by atoms with van der Waals surface area (Å²) in [6, 6.07) is 88.9. The molecule has 0 bridgehead atoms. The van der Waals surface area contributed by atoms with Gasteiger partial charge in [0, 0.05) is 101 Å². The first-order chi connectivity index (χ1) is 36.0. The molecule has 6 heteroatoms. The van der Waals surface area contributed by atoms with Crippen LogP contribution in [-0.4, -0.2) is 4.75 Å². The maximum Gasteiger partial charge on any atom is 0.0482 e. The van der Waals surface area contributed by atoms with Gasteiger partial charge in [-0.05, 0) is 157 Å². The van der Waals surface area contributed by atoms with Crippen molar-refractivity contribution >= 4 is 126 Å². The van der Waals surface area contributed by atoms with Crippen LogP contribution in [0.4, 0.5) is 45.5 Å². The van der Waals surface area contributed by atoms with Crippen molar-refractivity contribution in [1.82, 2.24) is 0 Å². The second kappa shape index (κ2) is 17.9. The SMILES string of the molecule is CC12CC=C(N(c3ccccc3)c3cccc(N(c4ccc(-c5ccccc5)cc4)c4ccc5c(c4)sc4ccc(N(c6ccccc6)c6ccc7sc8ccccc8c7c6)cc45)c3)C=C1c1ccccc1S2. The van der Waals surface area contributed by atoms with Crippen molar-refractivity contribution in [3.05, 3.63) is 266 Å². The van der Waals surface area contributed by atoms with E-state index < -0.39 is 0 Å². The van der Waals surface area contributed by atoms with Gasteiger partial charge in [-0.2, -0.15) is 0 Å². The average Bonchev–Trinajstić information content (AvgIpc) is 4.10. The molecule has 0 N–H and O–H groups in total. The molecule has 73 heavy (non-hydrogen) atoms. The first-order valence-corrected chi connectivity index (χ1v) is 27.3. The van der Waals surface area contributed by atoms with E-state index in [1.54, 1.807) is 0 Å². The molecule has 1 unspecified atom stereocenters. The summed E-state index contributed by atoms with van der Waals surface area (Å²) in [4.78, 5) is 8.62. The van der Waals surface area contributed by atoms with Crippen molar-refractivity contribution in [3.63, 3.8) is 0 Å². The van der Waals surface area contributed by atoms with Crippen molar-refractivity contribution in [2.75, 3.05) is 14.7 Å². The van der Waals surface area contributed by atoms with Gasteiger partial charge in [0.2, 0.25) is 0 Å². The van der Waals surface area contributed by atoms with Crippen molar-refractivity contribution < 1.29 is 0 Å². The number of thiophene rings is 2. The minimum atomic E-state index is 0.00289. The summed E-state index contributed by atoms with van der Waals surface area (Å²) in [6.45, 7) is 2.39. The second-order valence-corrected chi connectivity index (χ2v) is 22.8. The van der Waals surface area contributed by atoms with Crippen LogP contribution in [0.3, 0.4) is 0 Å². The zero-order chi connectivity index (χ0) is 48.5. The van der Waals surface area contributed by atoms with E-state index in [-0.39, 0.29) is 4.75 Å². The average molecular weight is 990 g/mol. The highest BCUT2D eigenvalue weighted by molar-refractivity contribution is 8.01. The molecule has 12 aromatic rings. The van der Waals surface area contributed by atoms with Crippen LogP contribution < -0.4 is 14.7 Å². The van der Waals surface area contributed by atoms with E-state index in [1.165, 1.54) is 73.2 Å². The lowest BCUT2D eigenvalue weighted by Gasteiger charge is -2.34. The van der Waals surface area contributed by atoms with Gasteiger partial charge in [0.25, 0.3) is 0 Å². The first kappa shape index (κ1) is 43.6. The largest absolute Gasteiger partial charge is 0.311 e. The van der Waals surface area contributed by atoms with Crippen LogP contribution >= 0.6 is 34.4 Å². The Hall–Kier alpha value is -8.13. The molecule has 348 valence electrons. The molecule has 0 saturated heterocycles. The molecular weight excluding hydrogens is 943 g/mol. The molecule has 0 fully saturated rings. The maximum atomic E-state index is 2.44. The zero-order valence-electron chi connectivity index (χ0n) is 40.0. The highest BCUT2D eigenvalue weighted by atomic mass is 32.2. The normalized spacial score (nSPS) is 15.0. The van der Waals surface area contributed by atoms with E-state index in [0.29, 0.717) is 0 Å². The topological polar surface area (TPSA) is 9.72 Å². The molecule has 0 saturated carbocycles. The predicted octanol–water partition coefficient (Wildman–Crippen LogP) is 20.4. The number of hydrogen-bond acceptors (Lipinski definition) is 6. The van der Waals surface area contributed by atoms with Gasteiger partial charge < -0.3 is 14.7 Å². The number of thioether (sulfide) groups is 1. The number of hydrogen-bond donors (Lipinski definition) is 0. The maximum absolute atomic E-state index is 2.44. The Balaban J connectivity index is 0.885. The molecule has 0 spiro atoms. The summed E-state index contributed by atoms with van der Waals surface area (Å²) in [7, 11) is 0. The number of para-hydroxylation sites is 2. The van der Waals surface area contributed by atoms with Crippen LogP contribution in [0.2, 0.25) is 0 Å². The lowest BCUT2D eigenvalue weighted by atomic mass is 9.86. The van der Waals surface area contributed by atoms with E-state index in [1.807, 2.05) is 34.4 Å². The molecular formula is C67H47N3S3. The smallest absolute Gasteiger partial charge is 0.0482 e. The fourth-order valence-corrected chi connectivity index (χ4v) is 14.6. The van der Waals surface area contributed by atoms with Gasteiger partial charge in [0.1, 0.15) is 0 Å². The highest BCUT2D eigenvalue weighted by Crippen LogP contribution is 2.57. The van der Waals surface area contributed by atoms with Gasteiger partial charge >= 0.3 is 0 Å². The molecule has 1 atom stereocenters. The Bertz CT molecular complexity index is 4120. The number of anilines is 8. The molecule has 10 aromatic carbocycles. The quantitative estimate of drug-likeness (QED) is 0.135. The van der Waals surface area contributed by atoms with E-state index in [4.69, 9.17) is 0 Å². The number of fused-ring (bicyclic) bond motifs is 9. The van der Waals surface area contributed by atoms with Gasteiger partial charge in [-0.3, -0.25) is 0 Å². The highest BCUT2D eigenvalue weighted by Gasteiger charge is 2.40. The van der Waals surface area contributed by atoms with E-state index in [0.717, 1.165) is 51.9 Å². The van der Waals surface area contributed by atoms with Crippen LogP contribution in [0.5, 0.6) is 0 Å². The second-order valence-electron chi connectivity index (χ2n) is 19.1. The molecule has 3 heterocycles. The van der Waals surface area contributed by atoms with Crippen molar-refractivity contribution in [1.29, 1.82) is 0 Å². The van der Waals surface area contributed by atoms with Crippen molar-refractivity contribution in [2.45, 2.75) is 23.0 Å². The fourth-order valence-electron chi connectivity index (χ4n) is 11.0. The summed E-state index contributed by atoms with van der Waals surface area (Å²) in [6.07, 6.45) is 5.82. The minimum Gasteiger partial charge on any atom is -0.311 e. The summed E-state index contributed by atoms with van der Waals surface area (Å²) < 4.78 is 5.12. The summed E-state index contributed by atoms with van der Waals surface area (Å²) in [5.41, 5.74) is 15.2. The van der Waals surface area contributed by atoms with Crippen molar-refractivity contribution in [2.24, 2.45) is 0 Å². The Morgan fingerprint density at radius 1 is 0.356 bits per heavy atom. The van der Waals surface area contributed by atoms with Gasteiger partial charge in [-0.15, -0.1) is 34.4 Å². The summed E-state index contributed by atoms with van der Waals surface area (Å²) in [5.74, 6) is 0. The molecule has 3 nitrogen and oxygen atoms in total. The zero-order valence-corrected chi connectivity index (χ0v) is 42.5. The van der Waals surface area contributed by atoms with Crippen LogP contribution in [0.1, 0.15) is 18.9 Å². The standard InChI is InChI=1S/C67H47N3S3/c1-67-39-38-55(43-61(67)58-25-12-14-27-65(58)73-67)68(47-18-7-3-8-19-47)50-22-15-23-51(40-50)70(49-30-28-46(29-31-49)45-16-5-2-6-17-45)54-32-35-57-60-42-53(34-37-64(60)72-66(57)44-54)69(48-20-9-4-10-21-48)52-33-36-63-59(41-52)56-24-11-13-26-62(56)71-63/h2-38,40-44H,39H2,1H3. The minimum absolute atomic E-state index is 0.00289. The Labute approximate surface area is 437 Å². The molecule has 0 amide bonds. The Morgan fingerprint density at radius 2 is 0.836 bits per heavy atom. The molecule has 1 aliphatic carbocycles. The van der Waals surface area contributed by atoms with E-state index in [2.05, 4.69) is 276 Å². The van der Waals surface area contributed by atoms with Gasteiger partial charge in [0.05, 0.1) is 0 Å². The van der Waals surface area contributed by atoms with Gasteiger partial charge in [0.15, 0.2) is 0 Å². The third-order valence-electron chi connectivity index (χ3n) is 14.5. The molecule has 0 radical (unpaired) electrons.